The summed E-state index contributed by atoms with van der Waals surface area (Å²) in [6.07, 6.45) is 6.49. The Morgan fingerprint density at radius 2 is 1.75 bits per heavy atom. The van der Waals surface area contributed by atoms with E-state index in [1.54, 1.807) is 0 Å². The lowest BCUT2D eigenvalue weighted by molar-refractivity contribution is -0.0306. The molecule has 2 fully saturated rings. The van der Waals surface area contributed by atoms with Crippen molar-refractivity contribution in [1.82, 2.24) is 4.90 Å². The van der Waals surface area contributed by atoms with Crippen LogP contribution in [0.15, 0.2) is 0 Å². The molecule has 16 heavy (non-hydrogen) atoms. The predicted octanol–water partition coefficient (Wildman–Crippen LogP) is 2.66. The zero-order chi connectivity index (χ0) is 11.8. The Kier molecular flexibility index (Phi) is 3.33. The van der Waals surface area contributed by atoms with Crippen LogP contribution >= 0.6 is 0 Å². The van der Waals surface area contributed by atoms with Crippen LogP contribution in [-0.2, 0) is 0 Å². The molecule has 1 atom stereocenters. The molecular formula is C14H27NO. The molecule has 1 heterocycles. The summed E-state index contributed by atoms with van der Waals surface area (Å²) < 4.78 is 0. The summed E-state index contributed by atoms with van der Waals surface area (Å²) in [5.74, 6) is 0. The van der Waals surface area contributed by atoms with E-state index in [-0.39, 0.29) is 11.5 Å². The molecule has 1 saturated heterocycles. The Balaban J connectivity index is 1.69. The predicted molar refractivity (Wildman–Crippen MR) is 67.4 cm³/mol. The van der Waals surface area contributed by atoms with Crippen molar-refractivity contribution in [1.29, 1.82) is 0 Å². The highest BCUT2D eigenvalue weighted by atomic mass is 16.3. The summed E-state index contributed by atoms with van der Waals surface area (Å²) in [5, 5.41) is 10.0. The van der Waals surface area contributed by atoms with E-state index >= 15 is 0 Å². The van der Waals surface area contributed by atoms with Crippen molar-refractivity contribution >= 4 is 0 Å². The van der Waals surface area contributed by atoms with Crippen molar-refractivity contribution in [2.45, 2.75) is 59.0 Å². The first kappa shape index (κ1) is 12.4. The van der Waals surface area contributed by atoms with E-state index in [1.807, 2.05) is 0 Å². The van der Waals surface area contributed by atoms with Gasteiger partial charge in [-0.2, -0.15) is 0 Å². The Hall–Kier alpha value is -0.0800. The van der Waals surface area contributed by atoms with Crippen LogP contribution in [0.2, 0.25) is 0 Å². The molecule has 1 aliphatic carbocycles. The van der Waals surface area contributed by atoms with Crippen LogP contribution in [0.3, 0.4) is 0 Å². The molecule has 0 aromatic rings. The summed E-state index contributed by atoms with van der Waals surface area (Å²) >= 11 is 0. The van der Waals surface area contributed by atoms with Gasteiger partial charge in [-0.3, -0.25) is 4.90 Å². The van der Waals surface area contributed by atoms with Crippen LogP contribution < -0.4 is 0 Å². The van der Waals surface area contributed by atoms with Crippen LogP contribution in [0.25, 0.3) is 0 Å². The molecular weight excluding hydrogens is 198 g/mol. The second kappa shape index (κ2) is 4.30. The molecule has 94 valence electrons. The van der Waals surface area contributed by atoms with E-state index in [0.29, 0.717) is 5.41 Å². The SMILES string of the molecule is CC(C)(C)CC(O)CN1CC2(CCCC2)C1. The van der Waals surface area contributed by atoms with Crippen LogP contribution in [0.1, 0.15) is 52.9 Å². The normalized spacial score (nSPS) is 27.0. The zero-order valence-corrected chi connectivity index (χ0v) is 11.1. The molecule has 0 bridgehead atoms. The van der Waals surface area contributed by atoms with Gasteiger partial charge in [0.15, 0.2) is 0 Å². The van der Waals surface area contributed by atoms with Crippen molar-refractivity contribution in [2.24, 2.45) is 10.8 Å². The fraction of sp³-hybridized carbons (Fsp3) is 1.00. The monoisotopic (exact) mass is 225 g/mol. The van der Waals surface area contributed by atoms with E-state index < -0.39 is 0 Å². The molecule has 1 unspecified atom stereocenters. The number of nitrogens with zero attached hydrogens (tertiary/aromatic N) is 1. The van der Waals surface area contributed by atoms with Gasteiger partial charge in [0.2, 0.25) is 0 Å². The van der Waals surface area contributed by atoms with Crippen molar-refractivity contribution in [3.8, 4) is 0 Å². The second-order valence-electron chi connectivity index (χ2n) is 7.30. The summed E-state index contributed by atoms with van der Waals surface area (Å²) in [6.45, 7) is 9.97. The summed E-state index contributed by atoms with van der Waals surface area (Å²) in [7, 11) is 0. The number of β-amino-alcohol motifs (C(OH)–C–C–N with tert-alkyl or cyclic N) is 1. The molecule has 2 aliphatic rings. The van der Waals surface area contributed by atoms with Crippen molar-refractivity contribution in [3.05, 3.63) is 0 Å². The summed E-state index contributed by atoms with van der Waals surface area (Å²) in [4.78, 5) is 2.45. The summed E-state index contributed by atoms with van der Waals surface area (Å²) in [6, 6.07) is 0. The molecule has 0 radical (unpaired) electrons. The van der Waals surface area contributed by atoms with E-state index in [4.69, 9.17) is 0 Å². The van der Waals surface area contributed by atoms with Crippen molar-refractivity contribution < 1.29 is 5.11 Å². The van der Waals surface area contributed by atoms with E-state index in [0.717, 1.165) is 13.0 Å². The summed E-state index contributed by atoms with van der Waals surface area (Å²) in [5.41, 5.74) is 0.913. The van der Waals surface area contributed by atoms with Gasteiger partial charge in [-0.25, -0.2) is 0 Å². The highest BCUT2D eigenvalue weighted by Gasteiger charge is 2.44. The number of aliphatic hydroxyl groups excluding tert-OH is 1. The maximum absolute atomic E-state index is 10.0. The molecule has 2 rings (SSSR count). The minimum absolute atomic E-state index is 0.140. The van der Waals surface area contributed by atoms with Gasteiger partial charge in [0.25, 0.3) is 0 Å². The minimum Gasteiger partial charge on any atom is -0.392 e. The van der Waals surface area contributed by atoms with Gasteiger partial charge >= 0.3 is 0 Å². The number of hydrogen-bond acceptors (Lipinski definition) is 2. The third-order valence-electron chi connectivity index (χ3n) is 4.10. The molecule has 0 amide bonds. The highest BCUT2D eigenvalue weighted by Crippen LogP contribution is 2.45. The van der Waals surface area contributed by atoms with Crippen molar-refractivity contribution in [2.75, 3.05) is 19.6 Å². The third kappa shape index (κ3) is 2.98. The maximum atomic E-state index is 10.0. The van der Waals surface area contributed by atoms with Gasteiger partial charge in [-0.1, -0.05) is 33.6 Å². The van der Waals surface area contributed by atoms with Gasteiger partial charge in [0, 0.05) is 19.6 Å². The average molecular weight is 225 g/mol. The lowest BCUT2D eigenvalue weighted by Crippen LogP contribution is -2.56. The lowest BCUT2D eigenvalue weighted by Gasteiger charge is -2.49. The zero-order valence-electron chi connectivity index (χ0n) is 11.1. The van der Waals surface area contributed by atoms with Crippen molar-refractivity contribution in [3.63, 3.8) is 0 Å². The molecule has 0 aromatic heterocycles. The molecule has 0 aromatic carbocycles. The lowest BCUT2D eigenvalue weighted by atomic mass is 9.78. The topological polar surface area (TPSA) is 23.5 Å². The van der Waals surface area contributed by atoms with Gasteiger partial charge in [0.1, 0.15) is 0 Å². The van der Waals surface area contributed by atoms with Gasteiger partial charge in [0.05, 0.1) is 6.10 Å². The fourth-order valence-electron chi connectivity index (χ4n) is 3.54. The van der Waals surface area contributed by atoms with Crippen LogP contribution in [0, 0.1) is 10.8 Å². The number of hydrogen-bond donors (Lipinski definition) is 1. The average Bonchev–Trinajstić information content (AvgIpc) is 2.47. The standard InChI is InChI=1S/C14H27NO/c1-13(2,3)8-12(16)9-15-10-14(11-15)6-4-5-7-14/h12,16H,4-11H2,1-3H3. The quantitative estimate of drug-likeness (QED) is 0.798. The number of likely N-dealkylation sites (tertiary alicyclic amines) is 1. The first-order valence-electron chi connectivity index (χ1n) is 6.79. The third-order valence-corrected chi connectivity index (χ3v) is 4.10. The van der Waals surface area contributed by atoms with Crippen LogP contribution in [0.5, 0.6) is 0 Å². The molecule has 2 heteroatoms. The van der Waals surface area contributed by atoms with E-state index in [9.17, 15) is 5.11 Å². The molecule has 1 saturated carbocycles. The largest absolute Gasteiger partial charge is 0.392 e. The van der Waals surface area contributed by atoms with Gasteiger partial charge < -0.3 is 5.11 Å². The molecule has 1 N–H and O–H groups in total. The van der Waals surface area contributed by atoms with Gasteiger partial charge in [-0.15, -0.1) is 0 Å². The Morgan fingerprint density at radius 3 is 2.25 bits per heavy atom. The van der Waals surface area contributed by atoms with Crippen LogP contribution in [-0.4, -0.2) is 35.7 Å². The van der Waals surface area contributed by atoms with E-state index in [2.05, 4.69) is 25.7 Å². The second-order valence-corrected chi connectivity index (χ2v) is 7.30. The molecule has 1 spiro atoms. The first-order chi connectivity index (χ1) is 7.39. The number of rotatable bonds is 3. The fourth-order valence-corrected chi connectivity index (χ4v) is 3.54. The minimum atomic E-state index is -0.140. The first-order valence-corrected chi connectivity index (χ1v) is 6.79. The maximum Gasteiger partial charge on any atom is 0.0672 e. The Labute approximate surface area is 100 Å². The molecule has 2 nitrogen and oxygen atoms in total. The molecule has 1 aliphatic heterocycles. The van der Waals surface area contributed by atoms with Gasteiger partial charge in [-0.05, 0) is 30.1 Å². The number of aliphatic hydroxyl groups is 1. The highest BCUT2D eigenvalue weighted by molar-refractivity contribution is 4.98. The Morgan fingerprint density at radius 1 is 1.19 bits per heavy atom. The van der Waals surface area contributed by atoms with E-state index in [1.165, 1.54) is 38.8 Å². The smallest absolute Gasteiger partial charge is 0.0672 e. The Bertz CT molecular complexity index is 230. The van der Waals surface area contributed by atoms with Crippen LogP contribution in [0.4, 0.5) is 0 Å².